The molecule has 0 amide bonds. The van der Waals surface area contributed by atoms with Crippen LogP contribution in [-0.4, -0.2) is 135 Å². The minimum Gasteiger partial charge on any atom is -0.496 e. The van der Waals surface area contributed by atoms with Crippen LogP contribution in [0.2, 0.25) is 0 Å². The van der Waals surface area contributed by atoms with Crippen molar-refractivity contribution in [1.82, 2.24) is 14.8 Å². The number of benzene rings is 2. The molecule has 8 atom stereocenters. The molecule has 13 nitrogen and oxygen atoms in total. The van der Waals surface area contributed by atoms with Gasteiger partial charge in [0.15, 0.2) is 6.10 Å². The molecule has 0 bridgehead atoms. The van der Waals surface area contributed by atoms with E-state index in [1.807, 2.05) is 54.0 Å². The van der Waals surface area contributed by atoms with E-state index in [1.165, 1.54) is 28.3 Å². The van der Waals surface area contributed by atoms with Crippen LogP contribution in [0.1, 0.15) is 92.5 Å². The quantitative estimate of drug-likeness (QED) is 0.117. The molecule has 8 rings (SSSR count). The summed E-state index contributed by atoms with van der Waals surface area (Å²) >= 11 is 0. The van der Waals surface area contributed by atoms with Crippen LogP contribution < -0.4 is 9.64 Å². The van der Waals surface area contributed by atoms with Crippen LogP contribution in [0.3, 0.4) is 0 Å². The van der Waals surface area contributed by atoms with E-state index in [0.29, 0.717) is 79.2 Å². The third-order valence-electron chi connectivity index (χ3n) is 15.6. The summed E-state index contributed by atoms with van der Waals surface area (Å²) in [4.78, 5) is 64.7. The number of ether oxygens (including phenoxy) is 4. The first-order valence-corrected chi connectivity index (χ1v) is 22.1. The first-order chi connectivity index (χ1) is 30.0. The zero-order valence-corrected chi connectivity index (χ0v) is 37.5. The van der Waals surface area contributed by atoms with Gasteiger partial charge in [-0.25, -0.2) is 13.6 Å². The molecule has 1 aliphatic carbocycles. The highest BCUT2D eigenvalue weighted by molar-refractivity contribution is 5.96. The number of anilines is 1. The monoisotopic (exact) mass is 874 g/mol. The van der Waals surface area contributed by atoms with E-state index in [-0.39, 0.29) is 25.8 Å². The molecular formula is C48H60F2N4O9. The number of nitrogens with one attached hydrogen (secondary N) is 1. The topological polar surface area (TPSA) is 151 Å². The van der Waals surface area contributed by atoms with Crippen molar-refractivity contribution in [3.8, 4) is 5.75 Å². The average molecular weight is 875 g/mol. The summed E-state index contributed by atoms with van der Waals surface area (Å²) in [6.45, 7) is 8.39. The fourth-order valence-electron chi connectivity index (χ4n) is 13.0. The van der Waals surface area contributed by atoms with Gasteiger partial charge in [-0.2, -0.15) is 0 Å². The lowest BCUT2D eigenvalue weighted by molar-refractivity contribution is -0.228. The predicted molar refractivity (Wildman–Crippen MR) is 231 cm³/mol. The SMILES string of the molecule is CCN1CCc2c([nH]c3ccc(C=O)cc23)[C@@](C(=O)OC)(c2cc3c(cc2OC)N(C)[C@H]2[C@@](O)(C(=O)OC)[C@H](OC(C)=O)C4(CC)C=CCN5CC[C@]32[C@@H]54)CCCC(C(C)(F)F)C1. The molecule has 1 spiro atoms. The van der Waals surface area contributed by atoms with Crippen molar-refractivity contribution < 1.29 is 52.0 Å². The summed E-state index contributed by atoms with van der Waals surface area (Å²) in [6, 6.07) is 7.69. The van der Waals surface area contributed by atoms with Gasteiger partial charge in [-0.1, -0.05) is 32.4 Å². The molecule has 340 valence electrons. The number of H-pyrrole nitrogens is 1. The standard InChI is InChI=1S/C48H60F2N4O9/c1-9-45-17-12-20-54-22-19-47(39(45)54)33-24-34(37(60-6)25-36(33)52(5)40(47)48(59,43(58)62-8)41(45)63-28(3)56)46(42(57)61-7)18-11-13-30(44(4,49)50)26-53(10-2)21-16-31-32-23-29(27-55)14-15-35(32)51-38(31)46/h12,14-15,17,23-25,27,30,39-41,51,59H,9-11,13,16,18-22,26H2,1-8H3/t30?,39-,40+,41+,45?,46-,47+,48-/m0/s1. The van der Waals surface area contributed by atoms with Crippen molar-refractivity contribution in [2.45, 2.75) is 107 Å². The molecule has 3 aromatic rings. The number of alkyl halides is 2. The van der Waals surface area contributed by atoms with Crippen molar-refractivity contribution >= 4 is 40.8 Å². The molecular weight excluding hydrogens is 815 g/mol. The van der Waals surface area contributed by atoms with Crippen molar-refractivity contribution in [3.05, 3.63) is 70.4 Å². The lowest BCUT2D eigenvalue weighted by Gasteiger charge is -2.63. The molecule has 2 N–H and O–H groups in total. The first kappa shape index (κ1) is 44.7. The van der Waals surface area contributed by atoms with Gasteiger partial charge >= 0.3 is 17.9 Å². The van der Waals surface area contributed by atoms with E-state index in [1.54, 1.807) is 19.2 Å². The number of carbonyl (C=O) groups is 4. The Kier molecular flexibility index (Phi) is 11.4. The van der Waals surface area contributed by atoms with Crippen LogP contribution in [0.5, 0.6) is 5.75 Å². The van der Waals surface area contributed by atoms with Crippen LogP contribution in [0.25, 0.3) is 10.9 Å². The maximum Gasteiger partial charge on any atom is 0.344 e. The normalized spacial score (nSPS) is 31.9. The number of esters is 3. The fourth-order valence-corrected chi connectivity index (χ4v) is 13.0. The van der Waals surface area contributed by atoms with Gasteiger partial charge in [0.1, 0.15) is 17.5 Å². The summed E-state index contributed by atoms with van der Waals surface area (Å²) in [5, 5.41) is 14.1. The molecule has 2 aromatic carbocycles. The number of methoxy groups -OCH3 is 3. The number of hydrogen-bond acceptors (Lipinski definition) is 12. The largest absolute Gasteiger partial charge is 0.496 e. The van der Waals surface area contributed by atoms with E-state index in [4.69, 9.17) is 18.9 Å². The lowest BCUT2D eigenvalue weighted by atomic mass is 9.47. The zero-order chi connectivity index (χ0) is 45.4. The molecule has 0 radical (unpaired) electrons. The van der Waals surface area contributed by atoms with E-state index >= 15 is 13.6 Å². The molecule has 5 heterocycles. The third kappa shape index (κ3) is 6.29. The minimum atomic E-state index is -3.00. The Labute approximate surface area is 367 Å². The number of rotatable bonds is 9. The van der Waals surface area contributed by atoms with Crippen LogP contribution in [0.4, 0.5) is 14.5 Å². The van der Waals surface area contributed by atoms with E-state index < -0.39 is 69.8 Å². The summed E-state index contributed by atoms with van der Waals surface area (Å²) in [7, 11) is 5.83. The second-order valence-corrected chi connectivity index (χ2v) is 18.4. The van der Waals surface area contributed by atoms with E-state index in [0.717, 1.165) is 29.7 Å². The predicted octanol–water partition coefficient (Wildman–Crippen LogP) is 5.71. The second-order valence-electron chi connectivity index (χ2n) is 18.4. The number of halogens is 2. The third-order valence-corrected chi connectivity index (χ3v) is 15.6. The smallest absolute Gasteiger partial charge is 0.344 e. The van der Waals surface area contributed by atoms with Crippen LogP contribution in [-0.2, 0) is 45.8 Å². The van der Waals surface area contributed by atoms with Gasteiger partial charge in [-0.15, -0.1) is 0 Å². The number of aromatic amines is 1. The number of aldehydes is 1. The fraction of sp³-hybridized carbons (Fsp3) is 0.583. The summed E-state index contributed by atoms with van der Waals surface area (Å²) in [5.74, 6) is -5.93. The molecule has 2 unspecified atom stereocenters. The van der Waals surface area contributed by atoms with E-state index in [9.17, 15) is 19.5 Å². The molecule has 4 aliphatic heterocycles. The molecule has 1 saturated carbocycles. The van der Waals surface area contributed by atoms with Gasteiger partial charge in [0.2, 0.25) is 11.5 Å². The molecule has 63 heavy (non-hydrogen) atoms. The minimum absolute atomic E-state index is 0.0535. The van der Waals surface area contributed by atoms with Crippen LogP contribution >= 0.6 is 0 Å². The first-order valence-electron chi connectivity index (χ1n) is 22.1. The van der Waals surface area contributed by atoms with Gasteiger partial charge in [-0.05, 0) is 87.5 Å². The van der Waals surface area contributed by atoms with Crippen molar-refractivity contribution in [3.63, 3.8) is 0 Å². The highest BCUT2D eigenvalue weighted by Crippen LogP contribution is 2.68. The molecule has 1 aromatic heterocycles. The van der Waals surface area contributed by atoms with Gasteiger partial charge < -0.3 is 38.8 Å². The number of likely N-dealkylation sites (N-methyl/N-ethyl adjacent to an activating group) is 2. The van der Waals surface area contributed by atoms with Crippen LogP contribution in [0.15, 0.2) is 42.5 Å². The Bertz CT molecular complexity index is 2360. The molecule has 2 fully saturated rings. The number of nitrogens with zero attached hydrogens (tertiary/aromatic N) is 3. The Hall–Kier alpha value is -4.86. The molecule has 15 heteroatoms. The highest BCUT2D eigenvalue weighted by Gasteiger charge is 2.80. The highest BCUT2D eigenvalue weighted by atomic mass is 19.3. The second kappa shape index (κ2) is 16.0. The van der Waals surface area contributed by atoms with Gasteiger partial charge in [-0.3, -0.25) is 19.3 Å². The number of fused-ring (bicyclic) bond motifs is 4. The van der Waals surface area contributed by atoms with Crippen molar-refractivity contribution in [2.75, 3.05) is 66.0 Å². The maximum absolute atomic E-state index is 15.5. The Balaban J connectivity index is 1.46. The number of aliphatic hydroxyl groups is 1. The number of carbonyl (C=O) groups excluding carboxylic acids is 4. The van der Waals surface area contributed by atoms with Crippen molar-refractivity contribution in [2.24, 2.45) is 11.3 Å². The lowest BCUT2D eigenvalue weighted by Crippen LogP contribution is -2.81. The Morgan fingerprint density at radius 2 is 1.76 bits per heavy atom. The number of aromatic nitrogens is 1. The van der Waals surface area contributed by atoms with E-state index in [2.05, 4.69) is 9.88 Å². The van der Waals surface area contributed by atoms with Crippen LogP contribution in [0, 0.1) is 11.3 Å². The number of hydrogen-bond donors (Lipinski definition) is 2. The van der Waals surface area contributed by atoms with Crippen molar-refractivity contribution in [1.29, 1.82) is 0 Å². The summed E-state index contributed by atoms with van der Waals surface area (Å²) < 4.78 is 54.7. The van der Waals surface area contributed by atoms with Gasteiger partial charge in [0, 0.05) is 95.9 Å². The Morgan fingerprint density at radius 1 is 1.02 bits per heavy atom. The molecule has 5 aliphatic rings. The summed E-state index contributed by atoms with van der Waals surface area (Å²) in [6.07, 6.45) is 5.03. The van der Waals surface area contributed by atoms with Gasteiger partial charge in [0.05, 0.1) is 27.4 Å². The Morgan fingerprint density at radius 3 is 2.40 bits per heavy atom. The maximum atomic E-state index is 15.5. The molecule has 1 saturated heterocycles. The van der Waals surface area contributed by atoms with Gasteiger partial charge in [0.25, 0.3) is 0 Å². The average Bonchev–Trinajstić information content (AvgIpc) is 3.91. The zero-order valence-electron chi connectivity index (χ0n) is 37.5. The summed E-state index contributed by atoms with van der Waals surface area (Å²) in [5.41, 5.74) is -1.91.